The molecule has 0 fully saturated rings. The van der Waals surface area contributed by atoms with E-state index in [0.29, 0.717) is 0 Å². The summed E-state index contributed by atoms with van der Waals surface area (Å²) in [4.78, 5) is 34.1. The zero-order chi connectivity index (χ0) is 15.6. The lowest BCUT2D eigenvalue weighted by atomic mass is 10.1. The second-order valence-corrected chi connectivity index (χ2v) is 4.83. The van der Waals surface area contributed by atoms with Gasteiger partial charge in [-0.3, -0.25) is 9.59 Å². The van der Waals surface area contributed by atoms with Gasteiger partial charge >= 0.3 is 5.97 Å². The van der Waals surface area contributed by atoms with Gasteiger partial charge in [0.2, 0.25) is 5.91 Å². The highest BCUT2D eigenvalue weighted by molar-refractivity contribution is 6.44. The monoisotopic (exact) mass is 309 g/mol. The predicted octanol–water partition coefficient (Wildman–Crippen LogP) is 1.58. The van der Waals surface area contributed by atoms with Gasteiger partial charge in [-0.05, 0) is 18.2 Å². The summed E-state index contributed by atoms with van der Waals surface area (Å²) in [5.41, 5.74) is 0.530. The van der Waals surface area contributed by atoms with Crippen molar-refractivity contribution in [2.75, 3.05) is 12.4 Å². The Balaban J connectivity index is 2.15. The number of halogens is 1. The van der Waals surface area contributed by atoms with E-state index in [1.54, 1.807) is 0 Å². The van der Waals surface area contributed by atoms with Crippen molar-refractivity contribution in [3.63, 3.8) is 0 Å². The van der Waals surface area contributed by atoms with E-state index in [1.807, 2.05) is 0 Å². The molecule has 0 saturated carbocycles. The van der Waals surface area contributed by atoms with Crippen LogP contribution in [0.4, 0.5) is 5.69 Å². The number of nitrogens with zero attached hydrogens (tertiary/aromatic N) is 2. The molecule has 0 radical (unpaired) electrons. The Kier molecular flexibility index (Phi) is 4.23. The van der Waals surface area contributed by atoms with Crippen LogP contribution in [0, 0.1) is 0 Å². The Labute approximate surface area is 125 Å². The molecule has 0 aromatic heterocycles. The maximum atomic E-state index is 12.0. The molecule has 0 unspecified atom stereocenters. The van der Waals surface area contributed by atoms with Gasteiger partial charge in [0, 0.05) is 19.9 Å². The molecule has 8 heteroatoms. The fraction of sp³-hybridized carbons (Fsp3) is 0.231. The molecule has 1 aromatic rings. The van der Waals surface area contributed by atoms with Gasteiger partial charge in [0.05, 0.1) is 16.3 Å². The van der Waals surface area contributed by atoms with Crippen molar-refractivity contribution in [2.24, 2.45) is 5.10 Å². The average Bonchev–Trinajstić information content (AvgIpc) is 2.43. The van der Waals surface area contributed by atoms with Gasteiger partial charge in [0.1, 0.15) is 5.71 Å². The van der Waals surface area contributed by atoms with Crippen molar-refractivity contribution < 1.29 is 19.5 Å². The van der Waals surface area contributed by atoms with E-state index in [1.165, 1.54) is 25.2 Å². The topological polar surface area (TPSA) is 99.1 Å². The van der Waals surface area contributed by atoms with E-state index in [9.17, 15) is 14.4 Å². The van der Waals surface area contributed by atoms with E-state index >= 15 is 0 Å². The minimum atomic E-state index is -1.11. The van der Waals surface area contributed by atoms with Crippen molar-refractivity contribution >= 4 is 40.8 Å². The molecule has 2 amide bonds. The lowest BCUT2D eigenvalue weighted by molar-refractivity contribution is -0.130. The van der Waals surface area contributed by atoms with Gasteiger partial charge in [0.15, 0.2) is 0 Å². The van der Waals surface area contributed by atoms with Gasteiger partial charge in [0.25, 0.3) is 5.91 Å². The van der Waals surface area contributed by atoms with E-state index < -0.39 is 11.9 Å². The summed E-state index contributed by atoms with van der Waals surface area (Å²) in [6, 6.07) is 3.99. The molecule has 0 spiro atoms. The Hall–Kier alpha value is -2.41. The normalized spacial score (nSPS) is 14.7. The number of carboxylic acids is 1. The van der Waals surface area contributed by atoms with Crippen molar-refractivity contribution in [3.05, 3.63) is 28.8 Å². The number of carboxylic acid groups (broad SMARTS) is 1. The van der Waals surface area contributed by atoms with Crippen LogP contribution >= 0.6 is 11.6 Å². The summed E-state index contributed by atoms with van der Waals surface area (Å²) in [7, 11) is 1.48. The molecule has 1 aliphatic rings. The third-order valence-electron chi connectivity index (χ3n) is 2.93. The highest BCUT2D eigenvalue weighted by Gasteiger charge is 2.22. The van der Waals surface area contributed by atoms with E-state index in [4.69, 9.17) is 16.7 Å². The molecule has 0 saturated heterocycles. The second-order valence-electron chi connectivity index (χ2n) is 4.42. The van der Waals surface area contributed by atoms with Crippen molar-refractivity contribution in [2.45, 2.75) is 12.8 Å². The minimum Gasteiger partial charge on any atom is -0.478 e. The minimum absolute atomic E-state index is 0.0262. The smallest absolute Gasteiger partial charge is 0.335 e. The largest absolute Gasteiger partial charge is 0.478 e. The number of amides is 2. The number of hydrazone groups is 1. The second kappa shape index (κ2) is 5.92. The zero-order valence-electron chi connectivity index (χ0n) is 11.1. The van der Waals surface area contributed by atoms with Crippen LogP contribution in [-0.4, -0.2) is 40.7 Å². The van der Waals surface area contributed by atoms with Crippen molar-refractivity contribution in [3.8, 4) is 0 Å². The highest BCUT2D eigenvalue weighted by atomic mass is 35.5. The maximum absolute atomic E-state index is 12.0. The Bertz CT molecular complexity index is 657. The molecular formula is C13H12ClN3O4. The molecule has 110 valence electrons. The first-order chi connectivity index (χ1) is 9.88. The first-order valence-corrected chi connectivity index (χ1v) is 6.44. The SMILES string of the molecule is CN1N=C(C(=O)Nc2ccc(C(=O)O)cc2Cl)CCC1=O. The average molecular weight is 310 g/mol. The molecule has 0 aliphatic carbocycles. The Morgan fingerprint density at radius 1 is 1.38 bits per heavy atom. The summed E-state index contributed by atoms with van der Waals surface area (Å²) < 4.78 is 0. The Morgan fingerprint density at radius 3 is 2.67 bits per heavy atom. The zero-order valence-corrected chi connectivity index (χ0v) is 11.8. The molecule has 2 rings (SSSR count). The number of nitrogens with one attached hydrogen (secondary N) is 1. The van der Waals surface area contributed by atoms with E-state index in [-0.39, 0.29) is 40.7 Å². The molecule has 0 bridgehead atoms. The lowest BCUT2D eigenvalue weighted by Crippen LogP contribution is -2.34. The van der Waals surface area contributed by atoms with E-state index in [2.05, 4.69) is 10.4 Å². The van der Waals surface area contributed by atoms with Crippen LogP contribution in [0.25, 0.3) is 0 Å². The molecule has 0 atom stereocenters. The number of benzene rings is 1. The summed E-state index contributed by atoms with van der Waals surface area (Å²) >= 11 is 5.93. The number of anilines is 1. The van der Waals surface area contributed by atoms with Crippen LogP contribution in [0.15, 0.2) is 23.3 Å². The molecule has 1 aromatic carbocycles. The van der Waals surface area contributed by atoms with Crippen molar-refractivity contribution in [1.82, 2.24) is 5.01 Å². The fourth-order valence-corrected chi connectivity index (χ4v) is 2.00. The van der Waals surface area contributed by atoms with Gasteiger partial charge in [-0.15, -0.1) is 0 Å². The summed E-state index contributed by atoms with van der Waals surface area (Å²) in [6.07, 6.45) is 0.467. The van der Waals surface area contributed by atoms with Crippen LogP contribution < -0.4 is 5.32 Å². The predicted molar refractivity (Wildman–Crippen MR) is 76.5 cm³/mol. The summed E-state index contributed by atoms with van der Waals surface area (Å²) in [6.45, 7) is 0. The van der Waals surface area contributed by atoms with Crippen LogP contribution in [0.5, 0.6) is 0 Å². The van der Waals surface area contributed by atoms with Gasteiger partial charge in [-0.25, -0.2) is 9.80 Å². The molecular weight excluding hydrogens is 298 g/mol. The van der Waals surface area contributed by atoms with E-state index in [0.717, 1.165) is 5.01 Å². The number of aromatic carboxylic acids is 1. The third-order valence-corrected chi connectivity index (χ3v) is 3.25. The van der Waals surface area contributed by atoms with Crippen LogP contribution in [-0.2, 0) is 9.59 Å². The van der Waals surface area contributed by atoms with Gasteiger partial charge < -0.3 is 10.4 Å². The van der Waals surface area contributed by atoms with Gasteiger partial charge in [-0.1, -0.05) is 11.6 Å². The quantitative estimate of drug-likeness (QED) is 0.885. The number of carbonyl (C=O) groups is 3. The van der Waals surface area contributed by atoms with Crippen LogP contribution in [0.1, 0.15) is 23.2 Å². The first-order valence-electron chi connectivity index (χ1n) is 6.06. The standard InChI is InChI=1S/C13H12ClN3O4/c1-17-11(18)5-4-10(16-17)12(19)15-9-3-2-7(13(20)21)6-8(9)14/h2-3,6H,4-5H2,1H3,(H,15,19)(H,20,21). The lowest BCUT2D eigenvalue weighted by Gasteiger charge is -2.19. The number of rotatable bonds is 3. The molecule has 1 heterocycles. The highest BCUT2D eigenvalue weighted by Crippen LogP contribution is 2.23. The molecule has 2 N–H and O–H groups in total. The Morgan fingerprint density at radius 2 is 2.10 bits per heavy atom. The first kappa shape index (κ1) is 15.0. The maximum Gasteiger partial charge on any atom is 0.335 e. The molecule has 21 heavy (non-hydrogen) atoms. The number of carbonyl (C=O) groups excluding carboxylic acids is 2. The fourth-order valence-electron chi connectivity index (χ4n) is 1.78. The molecule has 1 aliphatic heterocycles. The van der Waals surface area contributed by atoms with Crippen molar-refractivity contribution in [1.29, 1.82) is 0 Å². The summed E-state index contributed by atoms with van der Waals surface area (Å²) in [5, 5.41) is 16.5. The van der Waals surface area contributed by atoms with Crippen LogP contribution in [0.2, 0.25) is 5.02 Å². The number of hydrogen-bond acceptors (Lipinski definition) is 4. The molecule has 7 nitrogen and oxygen atoms in total. The number of hydrogen-bond donors (Lipinski definition) is 2. The van der Waals surface area contributed by atoms with Crippen LogP contribution in [0.3, 0.4) is 0 Å². The summed E-state index contributed by atoms with van der Waals surface area (Å²) in [5.74, 6) is -1.73. The third kappa shape index (κ3) is 3.38. The van der Waals surface area contributed by atoms with Gasteiger partial charge in [-0.2, -0.15) is 5.10 Å².